The van der Waals surface area contributed by atoms with Gasteiger partial charge in [0.05, 0.1) is 11.1 Å². The van der Waals surface area contributed by atoms with Crippen molar-refractivity contribution < 1.29 is 29.4 Å². The van der Waals surface area contributed by atoms with Gasteiger partial charge in [0.25, 0.3) is 0 Å². The summed E-state index contributed by atoms with van der Waals surface area (Å²) >= 11 is 2.94. The maximum atomic E-state index is 11.5. The van der Waals surface area contributed by atoms with Gasteiger partial charge in [0.2, 0.25) is 11.8 Å². The summed E-state index contributed by atoms with van der Waals surface area (Å²) in [4.78, 5) is 46.9. The Morgan fingerprint density at radius 3 is 1.28 bits per heavy atom. The molecule has 0 bridgehead atoms. The fraction of sp³-hybridized carbons (Fsp3) is 0.100. The predicted molar refractivity (Wildman–Crippen MR) is 118 cm³/mol. The van der Waals surface area contributed by atoms with Crippen LogP contribution >= 0.6 is 23.5 Å². The molecule has 10 nitrogen and oxygen atoms in total. The molecule has 1 aliphatic heterocycles. The molecular weight excluding hydrogens is 456 g/mol. The molecule has 32 heavy (non-hydrogen) atoms. The summed E-state index contributed by atoms with van der Waals surface area (Å²) in [6.07, 6.45) is 0. The number of carbonyl (C=O) groups excluding carboxylic acids is 2. The third-order valence-corrected chi connectivity index (χ3v) is 6.51. The quantitative estimate of drug-likeness (QED) is 0.511. The molecule has 0 unspecified atom stereocenters. The third-order valence-electron chi connectivity index (χ3n) is 4.14. The summed E-state index contributed by atoms with van der Waals surface area (Å²) in [5.41, 5.74) is 9.30. The van der Waals surface area contributed by atoms with E-state index in [4.69, 9.17) is 22.0 Å². The molecular formula is C20H14N4O6S2. The van der Waals surface area contributed by atoms with E-state index < -0.39 is 23.8 Å². The second kappa shape index (κ2) is 10.3. The van der Waals surface area contributed by atoms with Gasteiger partial charge in [-0.1, -0.05) is 0 Å². The van der Waals surface area contributed by atoms with Crippen LogP contribution < -0.4 is 11.5 Å². The van der Waals surface area contributed by atoms with Crippen molar-refractivity contribution in [2.75, 3.05) is 11.5 Å². The van der Waals surface area contributed by atoms with Gasteiger partial charge in [-0.15, -0.1) is 23.5 Å². The number of carboxylic acid groups (broad SMARTS) is 2. The fourth-order valence-electron chi connectivity index (χ4n) is 2.85. The Hall–Kier alpha value is -4.00. The first-order valence-corrected chi connectivity index (χ1v) is 10.6. The van der Waals surface area contributed by atoms with Gasteiger partial charge in [-0.05, 0) is 24.3 Å². The van der Waals surface area contributed by atoms with Crippen molar-refractivity contribution in [2.24, 2.45) is 11.5 Å². The molecule has 2 aromatic rings. The highest BCUT2D eigenvalue weighted by atomic mass is 32.2. The molecule has 0 atom stereocenters. The number of carboxylic acids is 2. The van der Waals surface area contributed by atoms with Crippen LogP contribution in [0, 0.1) is 22.7 Å². The van der Waals surface area contributed by atoms with Gasteiger partial charge in [0, 0.05) is 33.4 Å². The second-order valence-corrected chi connectivity index (χ2v) is 8.20. The van der Waals surface area contributed by atoms with Crippen LogP contribution in [0.2, 0.25) is 0 Å². The Kier molecular flexibility index (Phi) is 7.85. The zero-order valence-corrected chi connectivity index (χ0v) is 17.7. The summed E-state index contributed by atoms with van der Waals surface area (Å²) in [6.45, 7) is 0. The lowest BCUT2D eigenvalue weighted by molar-refractivity contribution is 0.0684. The van der Waals surface area contributed by atoms with E-state index in [2.05, 4.69) is 0 Å². The highest BCUT2D eigenvalue weighted by Gasteiger charge is 2.23. The average Bonchev–Trinajstić information content (AvgIpc) is 2.77. The number of amides is 2. The van der Waals surface area contributed by atoms with E-state index in [9.17, 15) is 29.4 Å². The van der Waals surface area contributed by atoms with Crippen molar-refractivity contribution in [3.05, 3.63) is 56.3 Å². The van der Waals surface area contributed by atoms with E-state index in [1.54, 1.807) is 0 Å². The molecule has 6 N–H and O–H groups in total. The van der Waals surface area contributed by atoms with Crippen molar-refractivity contribution in [3.63, 3.8) is 0 Å². The number of hydrogen-bond acceptors (Lipinski definition) is 8. The molecule has 0 aromatic heterocycles. The van der Waals surface area contributed by atoms with Crippen LogP contribution in [0.1, 0.15) is 41.4 Å². The topological polar surface area (TPSA) is 208 Å². The molecule has 3 rings (SSSR count). The number of nitriles is 2. The Morgan fingerprint density at radius 2 is 1.03 bits per heavy atom. The minimum atomic E-state index is -1.40. The van der Waals surface area contributed by atoms with Crippen LogP contribution in [0.25, 0.3) is 10.8 Å². The van der Waals surface area contributed by atoms with E-state index in [0.29, 0.717) is 9.81 Å². The number of nitrogens with zero attached hydrogens (tertiary/aromatic N) is 2. The number of aromatic carboxylic acids is 2. The van der Waals surface area contributed by atoms with Crippen molar-refractivity contribution in [3.8, 4) is 12.1 Å². The van der Waals surface area contributed by atoms with Gasteiger partial charge in [-0.25, -0.2) is 9.59 Å². The number of benzene rings is 2. The van der Waals surface area contributed by atoms with Crippen molar-refractivity contribution in [1.29, 1.82) is 10.5 Å². The SMILES string of the molecule is N#CC1=C(C#N)SCCS1.NC(=O)c1ccc(C(N)=O)c2c(C(=O)O)ccc(C(=O)O)c12. The zero-order valence-electron chi connectivity index (χ0n) is 16.1. The van der Waals surface area contributed by atoms with Crippen LogP contribution in [0.4, 0.5) is 0 Å². The number of rotatable bonds is 4. The van der Waals surface area contributed by atoms with Crippen molar-refractivity contribution in [2.45, 2.75) is 0 Å². The predicted octanol–water partition coefficient (Wildman–Crippen LogP) is 2.16. The number of hydrogen-bond donors (Lipinski definition) is 4. The molecule has 0 spiro atoms. The molecule has 1 aliphatic rings. The summed E-state index contributed by atoms with van der Waals surface area (Å²) < 4.78 is 0. The first-order valence-electron chi connectivity index (χ1n) is 8.60. The maximum Gasteiger partial charge on any atom is 0.336 e. The first-order chi connectivity index (χ1) is 15.1. The Balaban J connectivity index is 0.000000303. The number of carbonyl (C=O) groups is 4. The van der Waals surface area contributed by atoms with E-state index in [1.165, 1.54) is 23.5 Å². The number of thioether (sulfide) groups is 2. The lowest BCUT2D eigenvalue weighted by Crippen LogP contribution is -2.18. The fourth-order valence-corrected chi connectivity index (χ4v) is 4.76. The van der Waals surface area contributed by atoms with Gasteiger partial charge in [-0.3, -0.25) is 9.59 Å². The minimum absolute atomic E-state index is 0.208. The van der Waals surface area contributed by atoms with Gasteiger partial charge in [0.15, 0.2) is 0 Å². The maximum absolute atomic E-state index is 11.5. The number of allylic oxidation sites excluding steroid dienone is 2. The summed E-state index contributed by atoms with van der Waals surface area (Å²) in [7, 11) is 0. The molecule has 162 valence electrons. The highest BCUT2D eigenvalue weighted by molar-refractivity contribution is 8.10. The molecule has 2 aromatic carbocycles. The number of primary amides is 2. The Labute approximate surface area is 189 Å². The zero-order chi connectivity index (χ0) is 24.0. The van der Waals surface area contributed by atoms with Crippen LogP contribution in [0.15, 0.2) is 34.1 Å². The largest absolute Gasteiger partial charge is 0.478 e. The molecule has 0 fully saturated rings. The second-order valence-electron chi connectivity index (χ2n) is 5.99. The van der Waals surface area contributed by atoms with Gasteiger partial charge < -0.3 is 21.7 Å². The first kappa shape index (κ1) is 24.3. The van der Waals surface area contributed by atoms with E-state index in [0.717, 1.165) is 35.8 Å². The molecule has 12 heteroatoms. The van der Waals surface area contributed by atoms with E-state index >= 15 is 0 Å². The monoisotopic (exact) mass is 470 g/mol. The average molecular weight is 470 g/mol. The molecule has 1 heterocycles. The molecule has 0 saturated carbocycles. The number of nitrogens with two attached hydrogens (primary N) is 2. The van der Waals surface area contributed by atoms with Crippen molar-refractivity contribution >= 4 is 58.0 Å². The number of fused-ring (bicyclic) bond motifs is 1. The summed E-state index contributed by atoms with van der Waals surface area (Å²) in [5, 5.41) is 35.0. The van der Waals surface area contributed by atoms with Crippen LogP contribution in [0.3, 0.4) is 0 Å². The van der Waals surface area contributed by atoms with Gasteiger partial charge in [-0.2, -0.15) is 10.5 Å². The standard InChI is InChI=1S/C14H10N2O6.C6H4N2S2/c15-11(17)5-1-2-6(12(16)18)10-8(14(21)22)4-3-7(9(5)10)13(19)20;7-3-5-6(4-8)10-2-1-9-5/h1-4H,(H2,15,17)(H2,16,18)(H,19,20)(H,21,22);1-2H2. The van der Waals surface area contributed by atoms with Gasteiger partial charge in [0.1, 0.15) is 21.9 Å². The lowest BCUT2D eigenvalue weighted by atomic mass is 9.91. The molecule has 2 amide bonds. The normalized spacial score (nSPS) is 12.7. The third kappa shape index (κ3) is 5.00. The highest BCUT2D eigenvalue weighted by Crippen LogP contribution is 2.32. The smallest absolute Gasteiger partial charge is 0.336 e. The van der Waals surface area contributed by atoms with E-state index in [1.807, 2.05) is 12.1 Å². The Morgan fingerprint density at radius 1 is 0.719 bits per heavy atom. The van der Waals surface area contributed by atoms with E-state index in [-0.39, 0.29) is 33.0 Å². The van der Waals surface area contributed by atoms with Crippen LogP contribution in [0.5, 0.6) is 0 Å². The summed E-state index contributed by atoms with van der Waals surface area (Å²) in [5.74, 6) is -2.81. The Bertz CT molecular complexity index is 1110. The molecule has 0 aliphatic carbocycles. The minimum Gasteiger partial charge on any atom is -0.478 e. The lowest BCUT2D eigenvalue weighted by Gasteiger charge is -2.12. The summed E-state index contributed by atoms with van der Waals surface area (Å²) in [6, 6.07) is 8.36. The van der Waals surface area contributed by atoms with Crippen LogP contribution in [-0.2, 0) is 0 Å². The van der Waals surface area contributed by atoms with Gasteiger partial charge >= 0.3 is 11.9 Å². The molecule has 0 radical (unpaired) electrons. The van der Waals surface area contributed by atoms with Crippen LogP contribution in [-0.4, -0.2) is 45.5 Å². The van der Waals surface area contributed by atoms with Crippen molar-refractivity contribution in [1.82, 2.24) is 0 Å². The molecule has 0 saturated heterocycles.